The highest BCUT2D eigenvalue weighted by atomic mass is 16.5. The summed E-state index contributed by atoms with van der Waals surface area (Å²) < 4.78 is 5.11. The third-order valence-corrected chi connectivity index (χ3v) is 2.12. The van der Waals surface area contributed by atoms with Crippen molar-refractivity contribution in [1.29, 1.82) is 0 Å². The van der Waals surface area contributed by atoms with E-state index in [-0.39, 0.29) is 6.42 Å². The molecule has 0 fully saturated rings. The first-order valence-corrected chi connectivity index (χ1v) is 4.50. The van der Waals surface area contributed by atoms with Crippen molar-refractivity contribution in [2.24, 2.45) is 5.92 Å². The van der Waals surface area contributed by atoms with Crippen LogP contribution in [0.4, 0.5) is 0 Å². The van der Waals surface area contributed by atoms with Crippen LogP contribution in [0.25, 0.3) is 0 Å². The van der Waals surface area contributed by atoms with Crippen molar-refractivity contribution in [3.05, 3.63) is 29.8 Å². The van der Waals surface area contributed by atoms with Crippen LogP contribution in [0.2, 0.25) is 0 Å². The smallest absolute Gasteiger partial charge is 0.319 e. The number of hydrogen-bond donors (Lipinski definition) is 1. The fourth-order valence-electron chi connectivity index (χ4n) is 1.31. The van der Waals surface area contributed by atoms with E-state index >= 15 is 0 Å². The number of aliphatic carboxylic acids is 1. The SMILES string of the molecule is C#CC(Cc1ccccc1OC)C(=O)O. The van der Waals surface area contributed by atoms with E-state index in [0.29, 0.717) is 5.75 Å². The van der Waals surface area contributed by atoms with Gasteiger partial charge in [-0.2, -0.15) is 0 Å². The molecule has 0 aromatic heterocycles. The Labute approximate surface area is 88.7 Å². The van der Waals surface area contributed by atoms with Crippen molar-refractivity contribution in [3.8, 4) is 18.1 Å². The van der Waals surface area contributed by atoms with E-state index in [4.69, 9.17) is 16.3 Å². The molecule has 1 aromatic rings. The molecule has 0 saturated heterocycles. The van der Waals surface area contributed by atoms with Gasteiger partial charge in [0.15, 0.2) is 0 Å². The zero-order chi connectivity index (χ0) is 11.3. The summed E-state index contributed by atoms with van der Waals surface area (Å²) in [5, 5.41) is 8.81. The van der Waals surface area contributed by atoms with Crippen LogP contribution in [0.3, 0.4) is 0 Å². The molecule has 78 valence electrons. The number of ether oxygens (including phenoxy) is 1. The molecule has 1 N–H and O–H groups in total. The number of carboxylic acids is 1. The molecule has 0 saturated carbocycles. The maximum absolute atomic E-state index is 10.8. The Bertz CT molecular complexity index is 390. The summed E-state index contributed by atoms with van der Waals surface area (Å²) in [6, 6.07) is 7.25. The van der Waals surface area contributed by atoms with Crippen LogP contribution in [0.15, 0.2) is 24.3 Å². The van der Waals surface area contributed by atoms with E-state index in [2.05, 4.69) is 5.92 Å². The molecular formula is C12H12O3. The number of benzene rings is 1. The zero-order valence-electron chi connectivity index (χ0n) is 8.43. The molecule has 0 aliphatic rings. The van der Waals surface area contributed by atoms with Gasteiger partial charge >= 0.3 is 5.97 Å². The average Bonchev–Trinajstić information content (AvgIpc) is 2.25. The zero-order valence-corrected chi connectivity index (χ0v) is 8.43. The lowest BCUT2D eigenvalue weighted by Crippen LogP contribution is -2.14. The third kappa shape index (κ3) is 2.75. The van der Waals surface area contributed by atoms with Crippen LogP contribution in [0.5, 0.6) is 5.75 Å². The molecule has 0 spiro atoms. The topological polar surface area (TPSA) is 46.5 Å². The lowest BCUT2D eigenvalue weighted by atomic mass is 9.99. The highest BCUT2D eigenvalue weighted by Gasteiger charge is 2.16. The Morgan fingerprint density at radius 1 is 1.60 bits per heavy atom. The van der Waals surface area contributed by atoms with Crippen molar-refractivity contribution < 1.29 is 14.6 Å². The first-order chi connectivity index (χ1) is 7.19. The van der Waals surface area contributed by atoms with Gasteiger partial charge in [0.25, 0.3) is 0 Å². The highest BCUT2D eigenvalue weighted by Crippen LogP contribution is 2.20. The van der Waals surface area contributed by atoms with Gasteiger partial charge < -0.3 is 9.84 Å². The van der Waals surface area contributed by atoms with Crippen LogP contribution in [-0.4, -0.2) is 18.2 Å². The van der Waals surface area contributed by atoms with Crippen molar-refractivity contribution >= 4 is 5.97 Å². The molecule has 3 heteroatoms. The quantitative estimate of drug-likeness (QED) is 0.757. The van der Waals surface area contributed by atoms with Crippen LogP contribution < -0.4 is 4.74 Å². The summed E-state index contributed by atoms with van der Waals surface area (Å²) in [6.45, 7) is 0. The van der Waals surface area contributed by atoms with Crippen molar-refractivity contribution in [3.63, 3.8) is 0 Å². The molecule has 0 amide bonds. The normalized spacial score (nSPS) is 11.5. The maximum atomic E-state index is 10.8. The number of carboxylic acid groups (broad SMARTS) is 1. The number of hydrogen-bond acceptors (Lipinski definition) is 2. The fourth-order valence-corrected chi connectivity index (χ4v) is 1.31. The van der Waals surface area contributed by atoms with Crippen LogP contribution in [0.1, 0.15) is 5.56 Å². The summed E-state index contributed by atoms with van der Waals surface area (Å²) in [7, 11) is 1.55. The van der Waals surface area contributed by atoms with Gasteiger partial charge in [0.05, 0.1) is 7.11 Å². The molecule has 0 bridgehead atoms. The summed E-state index contributed by atoms with van der Waals surface area (Å²) in [5.74, 6) is 1.12. The Hall–Kier alpha value is -1.95. The lowest BCUT2D eigenvalue weighted by Gasteiger charge is -2.09. The summed E-state index contributed by atoms with van der Waals surface area (Å²) in [5.41, 5.74) is 0.811. The number of terminal acetylenes is 1. The number of carbonyl (C=O) groups is 1. The van der Waals surface area contributed by atoms with Gasteiger partial charge in [-0.3, -0.25) is 4.79 Å². The van der Waals surface area contributed by atoms with E-state index < -0.39 is 11.9 Å². The van der Waals surface area contributed by atoms with E-state index in [0.717, 1.165) is 5.56 Å². The fraction of sp³-hybridized carbons (Fsp3) is 0.250. The molecule has 3 nitrogen and oxygen atoms in total. The van der Waals surface area contributed by atoms with Crippen LogP contribution >= 0.6 is 0 Å². The molecule has 1 atom stereocenters. The Morgan fingerprint density at radius 3 is 2.80 bits per heavy atom. The molecule has 0 heterocycles. The van der Waals surface area contributed by atoms with Crippen LogP contribution in [0, 0.1) is 18.3 Å². The second-order valence-corrected chi connectivity index (χ2v) is 3.07. The van der Waals surface area contributed by atoms with Crippen molar-refractivity contribution in [1.82, 2.24) is 0 Å². The highest BCUT2D eigenvalue weighted by molar-refractivity contribution is 5.74. The summed E-state index contributed by atoms with van der Waals surface area (Å²) in [4.78, 5) is 10.8. The Balaban J connectivity index is 2.89. The standard InChI is InChI=1S/C12H12O3/c1-3-9(12(13)14)8-10-6-4-5-7-11(10)15-2/h1,4-7,9H,8H2,2H3,(H,13,14). The van der Waals surface area contributed by atoms with Gasteiger partial charge in [-0.25, -0.2) is 0 Å². The van der Waals surface area contributed by atoms with E-state index in [1.807, 2.05) is 18.2 Å². The minimum absolute atomic E-state index is 0.288. The molecule has 15 heavy (non-hydrogen) atoms. The second-order valence-electron chi connectivity index (χ2n) is 3.07. The summed E-state index contributed by atoms with van der Waals surface area (Å²) >= 11 is 0. The summed E-state index contributed by atoms with van der Waals surface area (Å²) in [6.07, 6.45) is 5.43. The first-order valence-electron chi connectivity index (χ1n) is 4.50. The minimum atomic E-state index is -0.983. The molecule has 0 aliphatic heterocycles. The third-order valence-electron chi connectivity index (χ3n) is 2.12. The van der Waals surface area contributed by atoms with Crippen molar-refractivity contribution in [2.75, 3.05) is 7.11 Å². The minimum Gasteiger partial charge on any atom is -0.496 e. The Morgan fingerprint density at radius 2 is 2.27 bits per heavy atom. The first kappa shape index (κ1) is 11.1. The average molecular weight is 204 g/mol. The maximum Gasteiger partial charge on any atom is 0.319 e. The molecule has 1 unspecified atom stereocenters. The largest absolute Gasteiger partial charge is 0.496 e. The lowest BCUT2D eigenvalue weighted by molar-refractivity contribution is -0.139. The van der Waals surface area contributed by atoms with Crippen LogP contribution in [-0.2, 0) is 11.2 Å². The van der Waals surface area contributed by atoms with Gasteiger partial charge in [0.1, 0.15) is 11.7 Å². The predicted octanol–water partition coefficient (Wildman–Crippen LogP) is 1.57. The van der Waals surface area contributed by atoms with Gasteiger partial charge in [-0.15, -0.1) is 6.42 Å². The van der Waals surface area contributed by atoms with E-state index in [1.165, 1.54) is 0 Å². The monoisotopic (exact) mass is 204 g/mol. The Kier molecular flexibility index (Phi) is 3.75. The van der Waals surface area contributed by atoms with Gasteiger partial charge in [0.2, 0.25) is 0 Å². The molecule has 1 aromatic carbocycles. The number of rotatable bonds is 4. The van der Waals surface area contributed by atoms with Crippen molar-refractivity contribution in [2.45, 2.75) is 6.42 Å². The molecule has 1 rings (SSSR count). The second kappa shape index (κ2) is 5.06. The van der Waals surface area contributed by atoms with Gasteiger partial charge in [0, 0.05) is 6.42 Å². The molecule has 0 radical (unpaired) electrons. The molecule has 0 aliphatic carbocycles. The van der Waals surface area contributed by atoms with Gasteiger partial charge in [-0.1, -0.05) is 24.1 Å². The number of para-hydroxylation sites is 1. The van der Waals surface area contributed by atoms with Gasteiger partial charge in [-0.05, 0) is 11.6 Å². The van der Waals surface area contributed by atoms with E-state index in [9.17, 15) is 4.79 Å². The molecular weight excluding hydrogens is 192 g/mol. The number of methoxy groups -OCH3 is 1. The predicted molar refractivity (Wildman–Crippen MR) is 56.7 cm³/mol. The van der Waals surface area contributed by atoms with E-state index in [1.54, 1.807) is 13.2 Å².